The number of aromatic hydroxyl groups is 1. The lowest BCUT2D eigenvalue weighted by Gasteiger charge is -2.22. The molecule has 1 saturated carbocycles. The number of carbonyl (C=O) groups is 1. The van der Waals surface area contributed by atoms with Gasteiger partial charge in [-0.2, -0.15) is 0 Å². The minimum Gasteiger partial charge on any atom is -0.506 e. The first-order chi connectivity index (χ1) is 17.5. The number of hydrogen-bond donors (Lipinski definition) is 1. The number of nitrogens with zero attached hydrogens (tertiary/aromatic N) is 1. The van der Waals surface area contributed by atoms with Gasteiger partial charge in [0.1, 0.15) is 11.5 Å². The highest BCUT2D eigenvalue weighted by Crippen LogP contribution is 2.37. The molecule has 0 radical (unpaired) electrons. The van der Waals surface area contributed by atoms with Crippen molar-refractivity contribution in [2.45, 2.75) is 86.0 Å². The molecular weight excluding hydrogens is 493 g/mol. The zero-order valence-electron chi connectivity index (χ0n) is 22.8. The Bertz CT molecular complexity index is 1120. The van der Waals surface area contributed by atoms with Crippen molar-refractivity contribution < 1.29 is 33.0 Å². The van der Waals surface area contributed by atoms with Gasteiger partial charge in [-0.25, -0.2) is 0 Å². The van der Waals surface area contributed by atoms with E-state index in [0.717, 1.165) is 46.5 Å². The Morgan fingerprint density at radius 2 is 1.73 bits per heavy atom. The number of hydrogen-bond acceptors (Lipinski definition) is 8. The van der Waals surface area contributed by atoms with Gasteiger partial charge in [-0.1, -0.05) is 28.3 Å². The Hall–Kier alpha value is -2.54. The van der Waals surface area contributed by atoms with E-state index in [2.05, 4.69) is 0 Å². The van der Waals surface area contributed by atoms with Crippen LogP contribution in [0.25, 0.3) is 0 Å². The number of benzene rings is 1. The van der Waals surface area contributed by atoms with Crippen LogP contribution in [-0.2, 0) is 29.6 Å². The minimum atomic E-state index is -2.50. The SMILES string of the molecule is Cc1cc(OCO[P+](=O)OCOC(=O)C(C)(C)C)c(C)c(C)c1Cc1ccc(O)c(C2CCCCC2)n1. The van der Waals surface area contributed by atoms with E-state index < -0.39 is 26.4 Å². The normalized spacial score (nSPS) is 14.9. The molecule has 0 spiro atoms. The number of aryl methyl sites for hydroxylation is 1. The van der Waals surface area contributed by atoms with Crippen molar-refractivity contribution in [3.05, 3.63) is 51.8 Å². The van der Waals surface area contributed by atoms with Crippen LogP contribution in [0.15, 0.2) is 18.2 Å². The molecule has 0 bridgehead atoms. The van der Waals surface area contributed by atoms with Crippen LogP contribution in [0.5, 0.6) is 11.5 Å². The number of esters is 1. The summed E-state index contributed by atoms with van der Waals surface area (Å²) in [6.45, 7) is 10.4. The number of carbonyl (C=O) groups excluding carboxylic acids is 1. The Labute approximate surface area is 220 Å². The number of rotatable bonds is 10. The van der Waals surface area contributed by atoms with Crippen molar-refractivity contribution in [2.75, 3.05) is 13.6 Å². The third-order valence-electron chi connectivity index (χ3n) is 6.85. The van der Waals surface area contributed by atoms with Crippen molar-refractivity contribution in [1.29, 1.82) is 0 Å². The molecular formula is C28H39NO7P+. The quantitative estimate of drug-likeness (QED) is 0.200. The molecule has 9 heteroatoms. The average molecular weight is 533 g/mol. The molecule has 1 N–H and O–H groups in total. The standard InChI is InChI=1S/C28H38NO7P/c1-18-14-25(33-16-35-37(32)36-17-34-27(31)28(4,5)6)20(3)19(2)23(18)15-22-12-13-24(30)26(29-22)21-10-8-7-9-11-21/h12-14,21H,7-11,15-17H2,1-6H3/p+1. The Morgan fingerprint density at radius 3 is 2.41 bits per heavy atom. The van der Waals surface area contributed by atoms with E-state index >= 15 is 0 Å². The molecule has 0 aliphatic heterocycles. The van der Waals surface area contributed by atoms with Gasteiger partial charge in [0.2, 0.25) is 13.6 Å². The van der Waals surface area contributed by atoms with Crippen LogP contribution in [0.1, 0.15) is 92.4 Å². The second-order valence-corrected chi connectivity index (χ2v) is 11.6. The summed E-state index contributed by atoms with van der Waals surface area (Å²) < 4.78 is 32.6. The maximum Gasteiger partial charge on any atom is 0.704 e. The van der Waals surface area contributed by atoms with Crippen molar-refractivity contribution in [3.63, 3.8) is 0 Å². The Balaban J connectivity index is 1.59. The zero-order valence-corrected chi connectivity index (χ0v) is 23.7. The monoisotopic (exact) mass is 532 g/mol. The lowest BCUT2D eigenvalue weighted by atomic mass is 9.86. The maximum atomic E-state index is 11.9. The van der Waals surface area contributed by atoms with Crippen LogP contribution in [-0.4, -0.2) is 29.6 Å². The first-order valence-corrected chi connectivity index (χ1v) is 13.9. The molecule has 1 aliphatic rings. The summed E-state index contributed by atoms with van der Waals surface area (Å²) in [5.41, 5.74) is 5.32. The van der Waals surface area contributed by atoms with Gasteiger partial charge in [0.05, 0.1) is 11.1 Å². The summed E-state index contributed by atoms with van der Waals surface area (Å²) in [6, 6.07) is 5.60. The fourth-order valence-corrected chi connectivity index (χ4v) is 4.85. The predicted octanol–water partition coefficient (Wildman–Crippen LogP) is 6.92. The zero-order chi connectivity index (χ0) is 27.2. The van der Waals surface area contributed by atoms with Gasteiger partial charge < -0.3 is 14.6 Å². The van der Waals surface area contributed by atoms with Crippen molar-refractivity contribution >= 4 is 14.2 Å². The summed E-state index contributed by atoms with van der Waals surface area (Å²) in [6.07, 6.45) is 6.43. The second-order valence-electron chi connectivity index (χ2n) is 10.7. The van der Waals surface area contributed by atoms with E-state index in [1.807, 2.05) is 32.9 Å². The third kappa shape index (κ3) is 7.97. The molecule has 8 nitrogen and oxygen atoms in total. The van der Waals surface area contributed by atoms with E-state index in [1.165, 1.54) is 19.3 Å². The topological polar surface area (TPSA) is 104 Å². The van der Waals surface area contributed by atoms with Gasteiger partial charge in [0, 0.05) is 22.6 Å². The van der Waals surface area contributed by atoms with Crippen molar-refractivity contribution in [3.8, 4) is 11.5 Å². The molecule has 1 aliphatic carbocycles. The van der Waals surface area contributed by atoms with E-state index in [-0.39, 0.29) is 6.79 Å². The second kappa shape index (κ2) is 12.8. The number of pyridine rings is 1. The molecule has 1 unspecified atom stereocenters. The Kier molecular flexibility index (Phi) is 10.0. The highest BCUT2D eigenvalue weighted by molar-refractivity contribution is 7.33. The number of ether oxygens (including phenoxy) is 2. The van der Waals surface area contributed by atoms with E-state index in [1.54, 1.807) is 26.8 Å². The summed E-state index contributed by atoms with van der Waals surface area (Å²) in [4.78, 5) is 16.6. The average Bonchev–Trinajstić information content (AvgIpc) is 2.85. The fourth-order valence-electron chi connectivity index (χ4n) is 4.50. The largest absolute Gasteiger partial charge is 0.704 e. The van der Waals surface area contributed by atoms with E-state index in [9.17, 15) is 14.5 Å². The molecule has 1 aromatic heterocycles. The van der Waals surface area contributed by atoms with Crippen molar-refractivity contribution in [2.24, 2.45) is 5.41 Å². The molecule has 3 rings (SSSR count). The fraction of sp³-hybridized carbons (Fsp3) is 0.571. The summed E-state index contributed by atoms with van der Waals surface area (Å²) in [5, 5.41) is 10.4. The predicted molar refractivity (Wildman–Crippen MR) is 141 cm³/mol. The van der Waals surface area contributed by atoms with Gasteiger partial charge in [-0.05, 0) is 94.8 Å². The van der Waals surface area contributed by atoms with Crippen LogP contribution >= 0.6 is 8.25 Å². The van der Waals surface area contributed by atoms with Gasteiger partial charge in [0.15, 0.2) is 0 Å². The maximum absolute atomic E-state index is 11.9. The van der Waals surface area contributed by atoms with Crippen LogP contribution < -0.4 is 4.74 Å². The molecule has 2 aromatic rings. The van der Waals surface area contributed by atoms with E-state index in [4.69, 9.17) is 23.5 Å². The van der Waals surface area contributed by atoms with E-state index in [0.29, 0.717) is 23.8 Å². The lowest BCUT2D eigenvalue weighted by Crippen LogP contribution is -2.23. The summed E-state index contributed by atoms with van der Waals surface area (Å²) in [7, 11) is -2.50. The van der Waals surface area contributed by atoms with Crippen molar-refractivity contribution in [1.82, 2.24) is 4.98 Å². The summed E-state index contributed by atoms with van der Waals surface area (Å²) in [5.74, 6) is 0.789. The molecule has 0 amide bonds. The van der Waals surface area contributed by atoms with Crippen LogP contribution in [0.3, 0.4) is 0 Å². The van der Waals surface area contributed by atoms with Crippen LogP contribution in [0, 0.1) is 26.2 Å². The lowest BCUT2D eigenvalue weighted by molar-refractivity contribution is -0.159. The molecule has 37 heavy (non-hydrogen) atoms. The molecule has 202 valence electrons. The van der Waals surface area contributed by atoms with Gasteiger partial charge in [-0.15, -0.1) is 0 Å². The molecule has 1 aromatic carbocycles. The Morgan fingerprint density at radius 1 is 1.05 bits per heavy atom. The molecule has 1 atom stereocenters. The first kappa shape index (κ1) is 29.0. The third-order valence-corrected chi connectivity index (χ3v) is 7.48. The molecule has 1 fully saturated rings. The van der Waals surface area contributed by atoms with Gasteiger partial charge >= 0.3 is 14.2 Å². The minimum absolute atomic E-state index is 0.272. The van der Waals surface area contributed by atoms with Crippen LogP contribution in [0.4, 0.5) is 0 Å². The summed E-state index contributed by atoms with van der Waals surface area (Å²) >= 11 is 0. The molecule has 1 heterocycles. The highest BCUT2D eigenvalue weighted by atomic mass is 31.1. The van der Waals surface area contributed by atoms with Gasteiger partial charge in [-0.3, -0.25) is 9.78 Å². The van der Waals surface area contributed by atoms with Gasteiger partial charge in [0.25, 0.3) is 0 Å². The smallest absolute Gasteiger partial charge is 0.506 e. The van der Waals surface area contributed by atoms with Crippen LogP contribution in [0.2, 0.25) is 0 Å². The highest BCUT2D eigenvalue weighted by Gasteiger charge is 2.27. The first-order valence-electron chi connectivity index (χ1n) is 12.8. The number of aromatic nitrogens is 1. The molecule has 0 saturated heterocycles.